The monoisotopic (exact) mass is 298 g/mol. The fraction of sp³-hybridized carbons (Fsp3) is 0.421. The van der Waals surface area contributed by atoms with Gasteiger partial charge in [-0.15, -0.1) is 0 Å². The molecule has 118 valence electrons. The zero-order valence-electron chi connectivity index (χ0n) is 13.9. The first-order valence-corrected chi connectivity index (χ1v) is 8.03. The minimum Gasteiger partial charge on any atom is -0.320 e. The summed E-state index contributed by atoms with van der Waals surface area (Å²) in [5.74, 6) is 0.309. The van der Waals surface area contributed by atoms with Crippen molar-refractivity contribution in [2.75, 3.05) is 0 Å². The lowest BCUT2D eigenvalue weighted by molar-refractivity contribution is 0.479. The first kappa shape index (κ1) is 16.5. The maximum absolute atomic E-state index is 13.0. The molecule has 0 saturated heterocycles. The molecule has 2 N–H and O–H groups in total. The highest BCUT2D eigenvalue weighted by Crippen LogP contribution is 2.22. The molecule has 2 unspecified atom stereocenters. The fourth-order valence-corrected chi connectivity index (χ4v) is 2.77. The third-order valence-electron chi connectivity index (χ3n) is 4.29. The minimum atomic E-state index is -0.384. The molecule has 1 aromatic heterocycles. The van der Waals surface area contributed by atoms with Gasteiger partial charge in [0.05, 0.1) is 6.04 Å². The van der Waals surface area contributed by atoms with E-state index < -0.39 is 0 Å². The summed E-state index contributed by atoms with van der Waals surface area (Å²) in [6, 6.07) is 13.5. The van der Waals surface area contributed by atoms with Crippen LogP contribution in [-0.4, -0.2) is 4.57 Å². The lowest BCUT2D eigenvalue weighted by atomic mass is 9.98. The van der Waals surface area contributed by atoms with Crippen molar-refractivity contribution in [1.82, 2.24) is 4.57 Å². The quantitative estimate of drug-likeness (QED) is 0.907. The maximum Gasteiger partial charge on any atom is 0.256 e. The number of nitrogens with zero attached hydrogens (tertiary/aromatic N) is 1. The standard InChI is InChI=1S/C19H26N2O/c1-5-14(4)21-17(13(2)3)12-11-16(19(21)22)18(20)15-9-7-6-8-10-15/h6-14,18H,5,20H2,1-4H3. The van der Waals surface area contributed by atoms with Crippen LogP contribution in [0.4, 0.5) is 0 Å². The summed E-state index contributed by atoms with van der Waals surface area (Å²) in [4.78, 5) is 13.0. The molecular weight excluding hydrogens is 272 g/mol. The van der Waals surface area contributed by atoms with Crippen molar-refractivity contribution in [2.45, 2.75) is 52.1 Å². The van der Waals surface area contributed by atoms with Crippen LogP contribution in [0.15, 0.2) is 47.3 Å². The Morgan fingerprint density at radius 2 is 1.68 bits per heavy atom. The van der Waals surface area contributed by atoms with Crippen molar-refractivity contribution in [1.29, 1.82) is 0 Å². The van der Waals surface area contributed by atoms with Gasteiger partial charge in [0, 0.05) is 17.3 Å². The average molecular weight is 298 g/mol. The largest absolute Gasteiger partial charge is 0.320 e. The fourth-order valence-electron chi connectivity index (χ4n) is 2.77. The van der Waals surface area contributed by atoms with Crippen LogP contribution < -0.4 is 11.3 Å². The molecule has 0 aliphatic rings. The molecule has 3 heteroatoms. The van der Waals surface area contributed by atoms with Crippen molar-refractivity contribution >= 4 is 0 Å². The van der Waals surface area contributed by atoms with Crippen LogP contribution in [0, 0.1) is 0 Å². The number of hydrogen-bond donors (Lipinski definition) is 1. The molecule has 0 saturated carbocycles. The lowest BCUT2D eigenvalue weighted by Crippen LogP contribution is -2.32. The zero-order chi connectivity index (χ0) is 16.3. The first-order valence-electron chi connectivity index (χ1n) is 8.03. The molecule has 3 nitrogen and oxygen atoms in total. The predicted molar refractivity (Wildman–Crippen MR) is 92.3 cm³/mol. The van der Waals surface area contributed by atoms with E-state index >= 15 is 0 Å². The van der Waals surface area contributed by atoms with Crippen molar-refractivity contribution < 1.29 is 0 Å². The summed E-state index contributed by atoms with van der Waals surface area (Å²) in [6.45, 7) is 8.42. The van der Waals surface area contributed by atoms with Crippen molar-refractivity contribution in [3.05, 3.63) is 69.6 Å². The Labute approximate surface area is 132 Å². The van der Waals surface area contributed by atoms with Gasteiger partial charge in [-0.1, -0.05) is 51.1 Å². The van der Waals surface area contributed by atoms with Gasteiger partial charge in [-0.2, -0.15) is 0 Å². The molecule has 2 atom stereocenters. The van der Waals surface area contributed by atoms with Gasteiger partial charge >= 0.3 is 0 Å². The molecule has 2 aromatic rings. The van der Waals surface area contributed by atoms with Gasteiger partial charge in [0.2, 0.25) is 0 Å². The Balaban J connectivity index is 2.57. The smallest absolute Gasteiger partial charge is 0.256 e. The number of benzene rings is 1. The topological polar surface area (TPSA) is 48.0 Å². The van der Waals surface area contributed by atoms with E-state index in [1.165, 1.54) is 0 Å². The summed E-state index contributed by atoms with van der Waals surface area (Å²) >= 11 is 0. The summed E-state index contributed by atoms with van der Waals surface area (Å²) in [5, 5.41) is 0. The molecular formula is C19H26N2O. The molecule has 0 amide bonds. The van der Waals surface area contributed by atoms with Crippen LogP contribution in [0.2, 0.25) is 0 Å². The third kappa shape index (κ3) is 3.14. The van der Waals surface area contributed by atoms with E-state index in [9.17, 15) is 4.79 Å². The number of rotatable bonds is 5. The Kier molecular flexibility index (Phi) is 5.19. The molecule has 0 radical (unpaired) electrons. The van der Waals surface area contributed by atoms with Crippen LogP contribution in [0.5, 0.6) is 0 Å². The van der Waals surface area contributed by atoms with Crippen LogP contribution in [-0.2, 0) is 0 Å². The van der Waals surface area contributed by atoms with Crippen LogP contribution in [0.25, 0.3) is 0 Å². The van der Waals surface area contributed by atoms with E-state index in [-0.39, 0.29) is 17.6 Å². The minimum absolute atomic E-state index is 0.0388. The van der Waals surface area contributed by atoms with E-state index in [2.05, 4.69) is 33.8 Å². The van der Waals surface area contributed by atoms with E-state index in [4.69, 9.17) is 5.73 Å². The van der Waals surface area contributed by atoms with Gasteiger partial charge in [-0.25, -0.2) is 0 Å². The summed E-state index contributed by atoms with van der Waals surface area (Å²) < 4.78 is 1.92. The second kappa shape index (κ2) is 6.93. The summed E-state index contributed by atoms with van der Waals surface area (Å²) in [6.07, 6.45) is 0.920. The predicted octanol–water partition coefficient (Wildman–Crippen LogP) is 3.99. The van der Waals surface area contributed by atoms with E-state index in [0.29, 0.717) is 11.5 Å². The zero-order valence-corrected chi connectivity index (χ0v) is 13.9. The Morgan fingerprint density at radius 1 is 1.05 bits per heavy atom. The van der Waals surface area contributed by atoms with E-state index in [0.717, 1.165) is 17.7 Å². The second-order valence-electron chi connectivity index (χ2n) is 6.19. The first-order chi connectivity index (χ1) is 10.5. The van der Waals surface area contributed by atoms with Crippen molar-refractivity contribution in [3.8, 4) is 0 Å². The van der Waals surface area contributed by atoms with Crippen LogP contribution in [0.1, 0.15) is 68.9 Å². The molecule has 0 aliphatic heterocycles. The summed E-state index contributed by atoms with van der Waals surface area (Å²) in [7, 11) is 0. The number of pyridine rings is 1. The van der Waals surface area contributed by atoms with Crippen molar-refractivity contribution in [3.63, 3.8) is 0 Å². The molecule has 2 rings (SSSR count). The molecule has 0 bridgehead atoms. The van der Waals surface area contributed by atoms with Gasteiger partial charge in [0.1, 0.15) is 0 Å². The Bertz CT molecular complexity index is 674. The molecule has 1 heterocycles. The third-order valence-corrected chi connectivity index (χ3v) is 4.29. The molecule has 0 spiro atoms. The van der Waals surface area contributed by atoms with Gasteiger partial charge in [0.15, 0.2) is 0 Å². The summed E-state index contributed by atoms with van der Waals surface area (Å²) in [5.41, 5.74) is 9.08. The highest BCUT2D eigenvalue weighted by Gasteiger charge is 2.19. The molecule has 1 aromatic carbocycles. The normalized spacial score (nSPS) is 14.1. The SMILES string of the molecule is CCC(C)n1c(C(C)C)ccc(C(N)c2ccccc2)c1=O. The van der Waals surface area contributed by atoms with Gasteiger partial charge in [-0.3, -0.25) is 4.79 Å². The van der Waals surface area contributed by atoms with Crippen LogP contribution >= 0.6 is 0 Å². The highest BCUT2D eigenvalue weighted by molar-refractivity contribution is 5.31. The maximum atomic E-state index is 13.0. The Morgan fingerprint density at radius 3 is 2.23 bits per heavy atom. The molecule has 0 aliphatic carbocycles. The lowest BCUT2D eigenvalue weighted by Gasteiger charge is -2.23. The number of hydrogen-bond acceptors (Lipinski definition) is 2. The van der Waals surface area contributed by atoms with Crippen LogP contribution in [0.3, 0.4) is 0 Å². The van der Waals surface area contributed by atoms with Crippen molar-refractivity contribution in [2.24, 2.45) is 5.73 Å². The van der Waals surface area contributed by atoms with Gasteiger partial charge < -0.3 is 10.3 Å². The van der Waals surface area contributed by atoms with E-state index in [1.54, 1.807) is 0 Å². The number of aromatic nitrogens is 1. The molecule has 0 fully saturated rings. The average Bonchev–Trinajstić information content (AvgIpc) is 2.53. The molecule has 22 heavy (non-hydrogen) atoms. The van der Waals surface area contributed by atoms with E-state index in [1.807, 2.05) is 41.0 Å². The number of nitrogens with two attached hydrogens (primary N) is 1. The Hall–Kier alpha value is -1.87. The van der Waals surface area contributed by atoms with Gasteiger partial charge in [0.25, 0.3) is 5.56 Å². The second-order valence-corrected chi connectivity index (χ2v) is 6.19. The highest BCUT2D eigenvalue weighted by atomic mass is 16.1. The van der Waals surface area contributed by atoms with Gasteiger partial charge in [-0.05, 0) is 37.0 Å².